The maximum absolute atomic E-state index is 13.0. The Morgan fingerprint density at radius 2 is 1.96 bits per heavy atom. The van der Waals surface area contributed by atoms with Crippen LogP contribution in [0.3, 0.4) is 0 Å². The van der Waals surface area contributed by atoms with Crippen molar-refractivity contribution in [3.63, 3.8) is 0 Å². The largest absolute Gasteiger partial charge is 0.354 e. The average molecular weight is 355 g/mol. The molecule has 0 radical (unpaired) electrons. The third-order valence-corrected chi connectivity index (χ3v) is 6.57. The third kappa shape index (κ3) is 4.39. The number of hydrogen-bond acceptors (Lipinski definition) is 4. The number of carbonyl (C=O) groups excluding carboxylic acids is 1. The summed E-state index contributed by atoms with van der Waals surface area (Å²) in [7, 11) is -3.72. The molecule has 0 fully saturated rings. The van der Waals surface area contributed by atoms with E-state index in [-0.39, 0.29) is 17.3 Å². The summed E-state index contributed by atoms with van der Waals surface area (Å²) >= 11 is 1.32. The zero-order chi connectivity index (χ0) is 16.9. The quantitative estimate of drug-likeness (QED) is 0.775. The molecule has 0 aliphatic carbocycles. The number of rotatable bonds is 7. The van der Waals surface area contributed by atoms with Crippen LogP contribution in [-0.4, -0.2) is 20.9 Å². The van der Waals surface area contributed by atoms with E-state index in [2.05, 4.69) is 5.32 Å². The van der Waals surface area contributed by atoms with E-state index in [4.69, 9.17) is 0 Å². The first-order valence-electron chi connectivity index (χ1n) is 7.24. The number of halogens is 1. The summed E-state index contributed by atoms with van der Waals surface area (Å²) in [5.74, 6) is -0.670. The molecule has 1 N–H and O–H groups in total. The Balaban J connectivity index is 2.29. The van der Waals surface area contributed by atoms with Gasteiger partial charge in [-0.2, -0.15) is 0 Å². The molecule has 7 heteroatoms. The van der Waals surface area contributed by atoms with Crippen molar-refractivity contribution >= 4 is 27.1 Å². The zero-order valence-electron chi connectivity index (χ0n) is 12.7. The van der Waals surface area contributed by atoms with E-state index < -0.39 is 20.9 Å². The Labute approximate surface area is 139 Å². The molecule has 2 rings (SSSR count). The van der Waals surface area contributed by atoms with Crippen LogP contribution in [0.4, 0.5) is 4.39 Å². The first-order valence-corrected chi connectivity index (χ1v) is 9.67. The monoisotopic (exact) mass is 355 g/mol. The van der Waals surface area contributed by atoms with Gasteiger partial charge in [-0.25, -0.2) is 12.8 Å². The van der Waals surface area contributed by atoms with Crippen molar-refractivity contribution in [1.29, 1.82) is 0 Å². The molecule has 0 aliphatic heterocycles. The molecule has 1 aromatic heterocycles. The van der Waals surface area contributed by atoms with Crippen molar-refractivity contribution in [2.24, 2.45) is 0 Å². The molecular formula is C16H18FNO3S2. The minimum atomic E-state index is -3.72. The SMILES string of the molecule is CCCC(=O)NC[C@H](c1cccs1)S(=O)(=O)c1ccc(F)cc1. The number of hydrogen-bond donors (Lipinski definition) is 1. The molecule has 1 atom stereocenters. The van der Waals surface area contributed by atoms with Gasteiger partial charge >= 0.3 is 0 Å². The van der Waals surface area contributed by atoms with Crippen molar-refractivity contribution in [2.45, 2.75) is 29.9 Å². The lowest BCUT2D eigenvalue weighted by atomic mass is 10.3. The highest BCUT2D eigenvalue weighted by Crippen LogP contribution is 2.31. The molecule has 0 unspecified atom stereocenters. The smallest absolute Gasteiger partial charge is 0.220 e. The summed E-state index contributed by atoms with van der Waals surface area (Å²) in [6.07, 6.45) is 1.05. The van der Waals surface area contributed by atoms with Gasteiger partial charge in [0.2, 0.25) is 5.91 Å². The second-order valence-corrected chi connectivity index (χ2v) is 8.17. The van der Waals surface area contributed by atoms with E-state index in [0.717, 1.165) is 12.1 Å². The predicted octanol–water partition coefficient (Wildman–Crippen LogP) is 3.32. The van der Waals surface area contributed by atoms with E-state index in [9.17, 15) is 17.6 Å². The molecule has 23 heavy (non-hydrogen) atoms. The summed E-state index contributed by atoms with van der Waals surface area (Å²) in [4.78, 5) is 12.4. The number of nitrogens with one attached hydrogen (secondary N) is 1. The Bertz CT molecular complexity index is 740. The minimum absolute atomic E-state index is 0.000936. The van der Waals surface area contributed by atoms with Gasteiger partial charge in [-0.15, -0.1) is 11.3 Å². The Morgan fingerprint density at radius 1 is 1.26 bits per heavy atom. The van der Waals surface area contributed by atoms with Crippen molar-refractivity contribution in [2.75, 3.05) is 6.54 Å². The first kappa shape index (κ1) is 17.6. The predicted molar refractivity (Wildman–Crippen MR) is 88.6 cm³/mol. The normalized spacial score (nSPS) is 12.8. The van der Waals surface area contributed by atoms with Gasteiger partial charge in [-0.3, -0.25) is 4.79 Å². The number of sulfone groups is 1. The summed E-state index contributed by atoms with van der Waals surface area (Å²) in [6.45, 7) is 1.88. The van der Waals surface area contributed by atoms with Gasteiger partial charge in [0.1, 0.15) is 11.1 Å². The van der Waals surface area contributed by atoms with E-state index in [0.29, 0.717) is 17.7 Å². The van der Waals surface area contributed by atoms with Crippen molar-refractivity contribution in [1.82, 2.24) is 5.32 Å². The van der Waals surface area contributed by atoms with E-state index in [1.54, 1.807) is 17.5 Å². The molecule has 4 nitrogen and oxygen atoms in total. The van der Waals surface area contributed by atoms with Gasteiger partial charge in [-0.1, -0.05) is 13.0 Å². The second kappa shape index (κ2) is 7.70. The molecular weight excluding hydrogens is 337 g/mol. The number of carbonyl (C=O) groups is 1. The molecule has 0 aliphatic rings. The van der Waals surface area contributed by atoms with Crippen LogP contribution >= 0.6 is 11.3 Å². The zero-order valence-corrected chi connectivity index (χ0v) is 14.3. The fourth-order valence-electron chi connectivity index (χ4n) is 2.15. The molecule has 0 spiro atoms. The highest BCUT2D eigenvalue weighted by atomic mass is 32.2. The number of amides is 1. The average Bonchev–Trinajstić information content (AvgIpc) is 3.02. The Morgan fingerprint density at radius 3 is 2.52 bits per heavy atom. The number of thiophene rings is 1. The van der Waals surface area contributed by atoms with Crippen LogP contribution in [-0.2, 0) is 14.6 Å². The summed E-state index contributed by atoms with van der Waals surface area (Å²) in [5, 5.41) is 3.58. The van der Waals surface area contributed by atoms with Gasteiger partial charge in [-0.05, 0) is 42.1 Å². The van der Waals surface area contributed by atoms with Gasteiger partial charge in [0.15, 0.2) is 9.84 Å². The number of benzene rings is 1. The summed E-state index contributed by atoms with van der Waals surface area (Å²) < 4.78 is 38.7. The first-order chi connectivity index (χ1) is 10.9. The van der Waals surface area contributed by atoms with Gasteiger partial charge in [0.25, 0.3) is 0 Å². The topological polar surface area (TPSA) is 63.2 Å². The molecule has 1 amide bonds. The fourth-order valence-corrected chi connectivity index (χ4v) is 4.93. The third-order valence-electron chi connectivity index (χ3n) is 3.34. The highest BCUT2D eigenvalue weighted by Gasteiger charge is 2.30. The van der Waals surface area contributed by atoms with E-state index in [1.165, 1.54) is 23.5 Å². The van der Waals surface area contributed by atoms with Crippen LogP contribution in [0.1, 0.15) is 29.9 Å². The molecule has 1 aromatic carbocycles. The highest BCUT2D eigenvalue weighted by molar-refractivity contribution is 7.91. The Kier molecular flexibility index (Phi) is 5.90. The lowest BCUT2D eigenvalue weighted by Gasteiger charge is -2.17. The molecule has 1 heterocycles. The van der Waals surface area contributed by atoms with Crippen molar-refractivity contribution in [3.05, 3.63) is 52.5 Å². The van der Waals surface area contributed by atoms with Crippen LogP contribution in [0.25, 0.3) is 0 Å². The van der Waals surface area contributed by atoms with E-state index in [1.807, 2.05) is 6.92 Å². The lowest BCUT2D eigenvalue weighted by Crippen LogP contribution is -2.31. The van der Waals surface area contributed by atoms with Gasteiger partial charge in [0.05, 0.1) is 4.90 Å². The summed E-state index contributed by atoms with van der Waals surface area (Å²) in [5.41, 5.74) is 0. The minimum Gasteiger partial charge on any atom is -0.354 e. The summed E-state index contributed by atoms with van der Waals surface area (Å²) in [6, 6.07) is 8.23. The molecule has 2 aromatic rings. The standard InChI is InChI=1S/C16H18FNO3S2/c1-2-4-16(19)18-11-15(14-5-3-10-22-14)23(20,21)13-8-6-12(17)7-9-13/h3,5-10,15H,2,4,11H2,1H3,(H,18,19)/t15-/m1/s1. The van der Waals surface area contributed by atoms with Gasteiger partial charge < -0.3 is 5.32 Å². The maximum atomic E-state index is 13.0. The van der Waals surface area contributed by atoms with Gasteiger partial charge in [0, 0.05) is 17.8 Å². The van der Waals surface area contributed by atoms with Crippen LogP contribution in [0.2, 0.25) is 0 Å². The fraction of sp³-hybridized carbons (Fsp3) is 0.312. The Hall–Kier alpha value is -1.73. The maximum Gasteiger partial charge on any atom is 0.220 e. The molecule has 0 saturated heterocycles. The van der Waals surface area contributed by atoms with Crippen molar-refractivity contribution < 1.29 is 17.6 Å². The molecule has 0 saturated carbocycles. The van der Waals surface area contributed by atoms with Crippen LogP contribution < -0.4 is 5.32 Å². The van der Waals surface area contributed by atoms with E-state index >= 15 is 0 Å². The molecule has 124 valence electrons. The van der Waals surface area contributed by atoms with Crippen LogP contribution in [0.15, 0.2) is 46.7 Å². The molecule has 0 bridgehead atoms. The van der Waals surface area contributed by atoms with Crippen LogP contribution in [0, 0.1) is 5.82 Å². The van der Waals surface area contributed by atoms with Crippen LogP contribution in [0.5, 0.6) is 0 Å². The van der Waals surface area contributed by atoms with Crippen molar-refractivity contribution in [3.8, 4) is 0 Å². The lowest BCUT2D eigenvalue weighted by molar-refractivity contribution is -0.121. The second-order valence-electron chi connectivity index (χ2n) is 5.06.